The molecule has 0 fully saturated rings. The fourth-order valence-corrected chi connectivity index (χ4v) is 3.41. The molecule has 8 nitrogen and oxygen atoms in total. The van der Waals surface area contributed by atoms with Gasteiger partial charge in [0.1, 0.15) is 23.9 Å². The van der Waals surface area contributed by atoms with Crippen molar-refractivity contribution in [3.63, 3.8) is 0 Å². The van der Waals surface area contributed by atoms with E-state index in [-0.39, 0.29) is 18.2 Å². The largest absolute Gasteiger partial charge is 0.508 e. The van der Waals surface area contributed by atoms with Crippen LogP contribution in [0.25, 0.3) is 0 Å². The molecular formula is C26H35N3O5. The van der Waals surface area contributed by atoms with E-state index in [0.717, 1.165) is 5.56 Å². The lowest BCUT2D eigenvalue weighted by molar-refractivity contribution is -0.140. The number of carbonyl (C=O) groups excluding carboxylic acids is 3. The van der Waals surface area contributed by atoms with Crippen LogP contribution in [0, 0.1) is 6.92 Å². The molecule has 2 aromatic rings. The van der Waals surface area contributed by atoms with E-state index in [4.69, 9.17) is 4.74 Å². The number of phenolic OH excluding ortho intramolecular Hbond substituents is 1. The molecule has 34 heavy (non-hydrogen) atoms. The summed E-state index contributed by atoms with van der Waals surface area (Å²) in [6, 6.07) is 13.4. The number of aryl methyl sites for hydroxylation is 1. The normalized spacial score (nSPS) is 11.9. The third-order valence-corrected chi connectivity index (χ3v) is 4.97. The lowest BCUT2D eigenvalue weighted by Gasteiger charge is -2.31. The highest BCUT2D eigenvalue weighted by atomic mass is 16.6. The molecule has 0 spiro atoms. The highest BCUT2D eigenvalue weighted by Crippen LogP contribution is 2.27. The van der Waals surface area contributed by atoms with Crippen LogP contribution in [0.3, 0.4) is 0 Å². The Kier molecular flexibility index (Phi) is 9.47. The molecule has 1 atom stereocenters. The summed E-state index contributed by atoms with van der Waals surface area (Å²) < 4.78 is 5.21. The van der Waals surface area contributed by atoms with Crippen molar-refractivity contribution in [2.24, 2.45) is 0 Å². The zero-order chi connectivity index (χ0) is 25.3. The average Bonchev–Trinajstić information content (AvgIpc) is 2.77. The van der Waals surface area contributed by atoms with Gasteiger partial charge in [-0.1, -0.05) is 43.3 Å². The van der Waals surface area contributed by atoms with Crippen LogP contribution in [0.15, 0.2) is 48.5 Å². The van der Waals surface area contributed by atoms with E-state index in [1.165, 1.54) is 11.0 Å². The van der Waals surface area contributed by atoms with Crippen LogP contribution in [0.2, 0.25) is 0 Å². The van der Waals surface area contributed by atoms with E-state index in [2.05, 4.69) is 10.6 Å². The van der Waals surface area contributed by atoms with Crippen molar-refractivity contribution in [3.05, 3.63) is 65.2 Å². The number of hydrogen-bond donors (Lipinski definition) is 3. The van der Waals surface area contributed by atoms with Gasteiger partial charge in [0.25, 0.3) is 0 Å². The number of alkyl carbamates (subject to hydrolysis) is 1. The summed E-state index contributed by atoms with van der Waals surface area (Å²) in [6.45, 7) is 9.13. The summed E-state index contributed by atoms with van der Waals surface area (Å²) in [7, 11) is 0. The second kappa shape index (κ2) is 12.1. The molecular weight excluding hydrogens is 434 g/mol. The molecule has 8 heteroatoms. The fourth-order valence-electron chi connectivity index (χ4n) is 3.41. The molecule has 3 N–H and O–H groups in total. The number of hydrogen-bond acceptors (Lipinski definition) is 5. The van der Waals surface area contributed by atoms with Crippen LogP contribution >= 0.6 is 0 Å². The van der Waals surface area contributed by atoms with E-state index < -0.39 is 23.6 Å². The lowest BCUT2D eigenvalue weighted by atomic mass is 10.0. The third-order valence-electron chi connectivity index (χ3n) is 4.97. The maximum absolute atomic E-state index is 13.4. The van der Waals surface area contributed by atoms with Gasteiger partial charge in [-0.25, -0.2) is 4.79 Å². The second-order valence-electron chi connectivity index (χ2n) is 9.09. The van der Waals surface area contributed by atoms with Crippen LogP contribution in [-0.2, 0) is 20.9 Å². The first kappa shape index (κ1) is 26.7. The van der Waals surface area contributed by atoms with Crippen molar-refractivity contribution < 1.29 is 24.2 Å². The Balaban J connectivity index is 2.28. The van der Waals surface area contributed by atoms with Gasteiger partial charge in [0.2, 0.25) is 11.8 Å². The molecule has 0 saturated heterocycles. The Labute approximate surface area is 201 Å². The molecule has 0 bridgehead atoms. The molecule has 184 valence electrons. The molecule has 0 radical (unpaired) electrons. The number of nitrogens with zero attached hydrogens (tertiary/aromatic N) is 1. The average molecular weight is 470 g/mol. The summed E-state index contributed by atoms with van der Waals surface area (Å²) in [6.07, 6.45) is -0.0969. The summed E-state index contributed by atoms with van der Waals surface area (Å²) in [4.78, 5) is 40.1. The number of phenols is 1. The smallest absolute Gasteiger partial charge is 0.408 e. The fraction of sp³-hybridized carbons (Fsp3) is 0.423. The summed E-state index contributed by atoms with van der Waals surface area (Å²) in [5, 5.41) is 15.4. The molecule has 0 heterocycles. The lowest BCUT2D eigenvalue weighted by Crippen LogP contribution is -2.48. The van der Waals surface area contributed by atoms with E-state index >= 15 is 0 Å². The molecule has 0 aliphatic heterocycles. The first-order valence-electron chi connectivity index (χ1n) is 11.4. The monoisotopic (exact) mass is 469 g/mol. The van der Waals surface area contributed by atoms with Crippen LogP contribution in [0.1, 0.15) is 56.8 Å². The van der Waals surface area contributed by atoms with Gasteiger partial charge in [0.05, 0.1) is 0 Å². The molecule has 2 aromatic carbocycles. The first-order valence-corrected chi connectivity index (χ1v) is 11.4. The number of ether oxygens (including phenoxy) is 1. The molecule has 3 amide bonds. The number of carbonyl (C=O) groups is 3. The van der Waals surface area contributed by atoms with Gasteiger partial charge in [0, 0.05) is 13.1 Å². The third kappa shape index (κ3) is 8.10. The highest BCUT2D eigenvalue weighted by Gasteiger charge is 2.31. The summed E-state index contributed by atoms with van der Waals surface area (Å²) in [5.74, 6) is -0.668. The van der Waals surface area contributed by atoms with E-state index in [1.54, 1.807) is 39.8 Å². The molecule has 0 aromatic heterocycles. The Morgan fingerprint density at radius 1 is 1.06 bits per heavy atom. The number of nitrogens with one attached hydrogen (secondary N) is 2. The van der Waals surface area contributed by atoms with E-state index in [1.807, 2.05) is 37.3 Å². The van der Waals surface area contributed by atoms with Gasteiger partial charge >= 0.3 is 6.09 Å². The van der Waals surface area contributed by atoms with Crippen molar-refractivity contribution >= 4 is 17.9 Å². The Bertz CT molecular complexity index is 986. The Morgan fingerprint density at radius 3 is 2.32 bits per heavy atom. The number of rotatable bonds is 9. The minimum absolute atomic E-state index is 0.104. The minimum atomic E-state index is -0.934. The zero-order valence-electron chi connectivity index (χ0n) is 20.6. The molecule has 0 aliphatic rings. The topological polar surface area (TPSA) is 108 Å². The maximum Gasteiger partial charge on any atom is 0.408 e. The predicted molar refractivity (Wildman–Crippen MR) is 130 cm³/mol. The van der Waals surface area contributed by atoms with Crippen molar-refractivity contribution in [3.8, 4) is 5.75 Å². The first-order chi connectivity index (χ1) is 16.0. The second-order valence-corrected chi connectivity index (χ2v) is 9.09. The summed E-state index contributed by atoms with van der Waals surface area (Å²) >= 11 is 0. The highest BCUT2D eigenvalue weighted by molar-refractivity contribution is 5.90. The van der Waals surface area contributed by atoms with Crippen LogP contribution in [0.4, 0.5) is 4.79 Å². The van der Waals surface area contributed by atoms with Crippen molar-refractivity contribution in [1.82, 2.24) is 15.5 Å². The Hall–Kier alpha value is -3.55. The predicted octanol–water partition coefficient (Wildman–Crippen LogP) is 3.82. The van der Waals surface area contributed by atoms with Gasteiger partial charge in [-0.2, -0.15) is 0 Å². The van der Waals surface area contributed by atoms with Crippen molar-refractivity contribution in [2.45, 2.75) is 59.2 Å². The van der Waals surface area contributed by atoms with Gasteiger partial charge in [0.15, 0.2) is 0 Å². The van der Waals surface area contributed by atoms with Crippen LogP contribution in [-0.4, -0.2) is 46.6 Å². The molecule has 0 aliphatic carbocycles. The summed E-state index contributed by atoms with van der Waals surface area (Å²) in [5.41, 5.74) is 1.39. The van der Waals surface area contributed by atoms with Crippen LogP contribution < -0.4 is 10.6 Å². The Morgan fingerprint density at radius 2 is 1.74 bits per heavy atom. The molecule has 2 rings (SSSR count). The van der Waals surface area contributed by atoms with Gasteiger partial charge in [-0.3, -0.25) is 9.59 Å². The standard InChI is InChI=1S/C26H35N3O5/c1-6-14-29(22(31)17-28-25(33)34-26(3,4)5)23(20-12-13-21(30)18(2)15-20)24(32)27-16-19-10-8-7-9-11-19/h7-13,15,23,30H,6,14,16-17H2,1-5H3,(H,27,32)(H,28,33). The van der Waals surface area contributed by atoms with Gasteiger partial charge in [-0.15, -0.1) is 0 Å². The number of benzene rings is 2. The maximum atomic E-state index is 13.4. The quantitative estimate of drug-likeness (QED) is 0.517. The van der Waals surface area contributed by atoms with Gasteiger partial charge in [-0.05, 0) is 62.9 Å². The SMILES string of the molecule is CCCN(C(=O)CNC(=O)OC(C)(C)C)C(C(=O)NCc1ccccc1)c1ccc(O)c(C)c1. The van der Waals surface area contributed by atoms with Crippen LogP contribution in [0.5, 0.6) is 5.75 Å². The van der Waals surface area contributed by atoms with Crippen molar-refractivity contribution in [2.75, 3.05) is 13.1 Å². The van der Waals surface area contributed by atoms with Crippen molar-refractivity contribution in [1.29, 1.82) is 0 Å². The van der Waals surface area contributed by atoms with E-state index in [9.17, 15) is 19.5 Å². The van der Waals surface area contributed by atoms with E-state index in [0.29, 0.717) is 30.6 Å². The number of amides is 3. The van der Waals surface area contributed by atoms with Gasteiger partial charge < -0.3 is 25.4 Å². The minimum Gasteiger partial charge on any atom is -0.508 e. The molecule has 1 unspecified atom stereocenters. The number of aromatic hydroxyl groups is 1. The zero-order valence-corrected chi connectivity index (χ0v) is 20.6. The molecule has 0 saturated carbocycles.